The molecule has 0 amide bonds. The van der Waals surface area contributed by atoms with Crippen molar-refractivity contribution in [3.8, 4) is 23.3 Å². The number of allylic oxidation sites excluding steroid dienone is 1. The fourth-order valence-electron chi connectivity index (χ4n) is 12.2. The van der Waals surface area contributed by atoms with E-state index in [9.17, 15) is 9.59 Å². The average molecular weight is 854 g/mol. The van der Waals surface area contributed by atoms with E-state index in [0.29, 0.717) is 36.5 Å². The minimum Gasteiger partial charge on any atom is -0.494 e. The van der Waals surface area contributed by atoms with Crippen molar-refractivity contribution >= 4 is 23.5 Å². The van der Waals surface area contributed by atoms with E-state index in [1.54, 1.807) is 17.7 Å². The van der Waals surface area contributed by atoms with E-state index in [0.717, 1.165) is 97.3 Å². The molecule has 9 atom stereocenters. The van der Waals surface area contributed by atoms with Crippen molar-refractivity contribution in [2.24, 2.45) is 52.3 Å². The summed E-state index contributed by atoms with van der Waals surface area (Å²) in [5.41, 5.74) is 4.14. The third kappa shape index (κ3) is 12.5. The van der Waals surface area contributed by atoms with E-state index in [1.807, 2.05) is 50.2 Å². The Morgan fingerprint density at radius 1 is 0.754 bits per heavy atom. The predicted octanol–water partition coefficient (Wildman–Crippen LogP) is 14.3. The SMILES string of the molecule is CC(C)CCC[C@@H](C)[C@H]1CC[C@H]2[C@@H]3CC=C4C[C@@H](OC(=O)CCCCCCCOc5ccc(C#Cc6ccc(OC(=O)[C@@H](Cl)CC(C)C)cc6)cc5)CC[C@]4(C)[C@H]3CC[C@]12C. The molecule has 61 heavy (non-hydrogen) atoms. The lowest BCUT2D eigenvalue weighted by atomic mass is 9.47. The van der Waals surface area contributed by atoms with Crippen LogP contribution >= 0.6 is 11.6 Å². The summed E-state index contributed by atoms with van der Waals surface area (Å²) in [5.74, 6) is 12.6. The summed E-state index contributed by atoms with van der Waals surface area (Å²) in [5, 5.41) is -0.653. The summed E-state index contributed by atoms with van der Waals surface area (Å²) >= 11 is 6.16. The highest BCUT2D eigenvalue weighted by atomic mass is 35.5. The number of rotatable bonds is 19. The van der Waals surface area contributed by atoms with Crippen LogP contribution in [0.25, 0.3) is 0 Å². The molecule has 0 unspecified atom stereocenters. The monoisotopic (exact) mass is 853 g/mol. The predicted molar refractivity (Wildman–Crippen MR) is 250 cm³/mol. The topological polar surface area (TPSA) is 61.8 Å². The molecule has 0 heterocycles. The second-order valence-corrected chi connectivity index (χ2v) is 21.4. The molecular formula is C55H77ClO5. The zero-order valence-electron chi connectivity index (χ0n) is 38.7. The third-order valence-electron chi connectivity index (χ3n) is 15.6. The van der Waals surface area contributed by atoms with Gasteiger partial charge in [0.15, 0.2) is 0 Å². The number of halogens is 1. The Kier molecular flexibility index (Phi) is 17.0. The van der Waals surface area contributed by atoms with Crippen molar-refractivity contribution in [1.82, 2.24) is 0 Å². The first-order valence-corrected chi connectivity index (χ1v) is 24.8. The summed E-state index contributed by atoms with van der Waals surface area (Å²) in [4.78, 5) is 25.1. The van der Waals surface area contributed by atoms with Gasteiger partial charge in [-0.1, -0.05) is 110 Å². The van der Waals surface area contributed by atoms with E-state index in [4.69, 9.17) is 25.8 Å². The highest BCUT2D eigenvalue weighted by Crippen LogP contribution is 2.67. The zero-order valence-corrected chi connectivity index (χ0v) is 39.5. The van der Waals surface area contributed by atoms with Crippen LogP contribution in [0.5, 0.6) is 11.5 Å². The van der Waals surface area contributed by atoms with Crippen LogP contribution in [0.15, 0.2) is 60.2 Å². The molecule has 0 aromatic heterocycles. The van der Waals surface area contributed by atoms with Gasteiger partial charge in [0.1, 0.15) is 23.0 Å². The van der Waals surface area contributed by atoms with E-state index in [1.165, 1.54) is 57.8 Å². The minimum absolute atomic E-state index is 0.00853. The summed E-state index contributed by atoms with van der Waals surface area (Å²) in [6, 6.07) is 15.0. The van der Waals surface area contributed by atoms with Gasteiger partial charge in [-0.25, -0.2) is 0 Å². The third-order valence-corrected chi connectivity index (χ3v) is 15.9. The zero-order chi connectivity index (χ0) is 43.6. The van der Waals surface area contributed by atoms with Crippen LogP contribution in [0.2, 0.25) is 0 Å². The quantitative estimate of drug-likeness (QED) is 0.0352. The van der Waals surface area contributed by atoms with Gasteiger partial charge in [0.2, 0.25) is 0 Å². The molecule has 0 spiro atoms. The van der Waals surface area contributed by atoms with Crippen molar-refractivity contribution < 1.29 is 23.8 Å². The largest absolute Gasteiger partial charge is 0.494 e. The van der Waals surface area contributed by atoms with Crippen LogP contribution in [-0.2, 0) is 14.3 Å². The van der Waals surface area contributed by atoms with Crippen LogP contribution in [0.4, 0.5) is 0 Å². The van der Waals surface area contributed by atoms with E-state index >= 15 is 0 Å². The lowest BCUT2D eigenvalue weighted by Gasteiger charge is -2.58. The molecule has 0 saturated heterocycles. The number of benzene rings is 2. The first kappa shape index (κ1) is 47.3. The van der Waals surface area contributed by atoms with Gasteiger partial charge in [0, 0.05) is 24.0 Å². The van der Waals surface area contributed by atoms with Crippen LogP contribution in [0.1, 0.15) is 175 Å². The second-order valence-electron chi connectivity index (χ2n) is 20.8. The molecule has 0 N–H and O–H groups in total. The van der Waals surface area contributed by atoms with Crippen molar-refractivity contribution in [3.05, 3.63) is 71.3 Å². The fraction of sp³-hybridized carbons (Fsp3) is 0.673. The molecule has 0 bridgehead atoms. The summed E-state index contributed by atoms with van der Waals surface area (Å²) in [6.07, 6.45) is 23.1. The van der Waals surface area contributed by atoms with Gasteiger partial charge in [0.25, 0.3) is 0 Å². The fourth-order valence-corrected chi connectivity index (χ4v) is 12.6. The maximum Gasteiger partial charge on any atom is 0.329 e. The minimum atomic E-state index is -0.653. The molecule has 2 aromatic rings. The Bertz CT molecular complexity index is 1820. The standard InChI is InChI=1S/C55H77ClO5/c1-38(2)14-13-15-40(5)48-29-30-49-47-28-23-43-37-46(31-33-54(43,6)50(47)32-34-55(48,49)7)60-52(57)16-11-9-8-10-12-35-59-44-24-19-41(20-25-44)17-18-42-21-26-45(27-22-42)61-53(58)51(56)36-39(3)4/h19-27,38-40,46-51H,8-16,28-37H2,1-7H3/t40-,46+,47+,48-,49+,50+,51+,54+,55-/m1/s1. The second kappa shape index (κ2) is 21.9. The molecule has 4 aliphatic carbocycles. The Hall–Kier alpha value is -3.23. The first-order chi connectivity index (χ1) is 29.2. The molecular weight excluding hydrogens is 776 g/mol. The van der Waals surface area contributed by atoms with E-state index in [2.05, 4.69) is 52.5 Å². The molecule has 6 heteroatoms. The van der Waals surface area contributed by atoms with Gasteiger partial charge in [-0.3, -0.25) is 9.59 Å². The number of carbonyl (C=O) groups excluding carboxylic acids is 2. The highest BCUT2D eigenvalue weighted by Gasteiger charge is 2.59. The number of esters is 2. The molecule has 5 nitrogen and oxygen atoms in total. The lowest BCUT2D eigenvalue weighted by molar-refractivity contribution is -0.151. The van der Waals surface area contributed by atoms with Crippen molar-refractivity contribution in [1.29, 1.82) is 0 Å². The highest BCUT2D eigenvalue weighted by molar-refractivity contribution is 6.30. The Morgan fingerprint density at radius 2 is 1.43 bits per heavy atom. The summed E-state index contributed by atoms with van der Waals surface area (Å²) < 4.78 is 17.5. The molecule has 2 aromatic carbocycles. The van der Waals surface area contributed by atoms with Gasteiger partial charge >= 0.3 is 11.9 Å². The van der Waals surface area contributed by atoms with Gasteiger partial charge in [-0.15, -0.1) is 11.6 Å². The average Bonchev–Trinajstić information content (AvgIpc) is 3.59. The number of alkyl halides is 1. The molecule has 334 valence electrons. The molecule has 3 saturated carbocycles. The molecule has 3 fully saturated rings. The Morgan fingerprint density at radius 3 is 2.11 bits per heavy atom. The number of hydrogen-bond acceptors (Lipinski definition) is 5. The van der Waals surface area contributed by atoms with Gasteiger partial charge < -0.3 is 14.2 Å². The number of fused-ring (bicyclic) bond motifs is 5. The number of unbranched alkanes of at least 4 members (excludes halogenated alkanes) is 4. The van der Waals surface area contributed by atoms with E-state index in [-0.39, 0.29) is 17.5 Å². The van der Waals surface area contributed by atoms with Crippen molar-refractivity contribution in [2.45, 2.75) is 176 Å². The maximum atomic E-state index is 13.0. The summed E-state index contributed by atoms with van der Waals surface area (Å²) in [7, 11) is 0. The van der Waals surface area contributed by atoms with Crippen LogP contribution in [0, 0.1) is 64.1 Å². The molecule has 4 aliphatic rings. The lowest BCUT2D eigenvalue weighted by Crippen LogP contribution is -2.51. The number of hydrogen-bond donors (Lipinski definition) is 0. The van der Waals surface area contributed by atoms with Crippen molar-refractivity contribution in [3.63, 3.8) is 0 Å². The molecule has 0 aliphatic heterocycles. The van der Waals surface area contributed by atoms with Crippen molar-refractivity contribution in [2.75, 3.05) is 6.61 Å². The van der Waals surface area contributed by atoms with Gasteiger partial charge in [-0.05, 0) is 165 Å². The molecule has 6 rings (SSSR count). The number of carbonyl (C=O) groups is 2. The van der Waals surface area contributed by atoms with Gasteiger partial charge in [0.05, 0.1) is 6.61 Å². The Labute approximate surface area is 374 Å². The number of ether oxygens (including phenoxy) is 3. The van der Waals surface area contributed by atoms with Crippen LogP contribution in [-0.4, -0.2) is 30.0 Å². The smallest absolute Gasteiger partial charge is 0.329 e. The summed E-state index contributed by atoms with van der Waals surface area (Å²) in [6.45, 7) is 17.3. The Balaban J connectivity index is 0.835. The molecule has 0 radical (unpaired) electrons. The van der Waals surface area contributed by atoms with E-state index < -0.39 is 11.3 Å². The van der Waals surface area contributed by atoms with Gasteiger partial charge in [-0.2, -0.15) is 0 Å². The van der Waals surface area contributed by atoms with Crippen LogP contribution < -0.4 is 9.47 Å². The van der Waals surface area contributed by atoms with Crippen LogP contribution in [0.3, 0.4) is 0 Å². The maximum absolute atomic E-state index is 13.0. The normalized spacial score (nSPS) is 27.8. The first-order valence-electron chi connectivity index (χ1n) is 24.3.